The van der Waals surface area contributed by atoms with Crippen LogP contribution >= 0.6 is 0 Å². The van der Waals surface area contributed by atoms with Crippen LogP contribution in [-0.4, -0.2) is 23.1 Å². The summed E-state index contributed by atoms with van der Waals surface area (Å²) in [6.07, 6.45) is 11.5. The van der Waals surface area contributed by atoms with Gasteiger partial charge < -0.3 is 9.84 Å². The van der Waals surface area contributed by atoms with E-state index in [0.717, 1.165) is 43.4 Å². The zero-order valence-electron chi connectivity index (χ0n) is 20.4. The number of hydrogen-bond acceptors (Lipinski definition) is 3. The Balaban J connectivity index is 1.61. The molecule has 0 aromatic heterocycles. The van der Waals surface area contributed by atoms with Crippen molar-refractivity contribution < 1.29 is 19.4 Å². The maximum atomic E-state index is 12.8. The van der Waals surface area contributed by atoms with Gasteiger partial charge in [-0.05, 0) is 91.8 Å². The lowest BCUT2D eigenvalue weighted by Gasteiger charge is -2.64. The number of ether oxygens (including phenoxy) is 1. The van der Waals surface area contributed by atoms with E-state index in [-0.39, 0.29) is 17.5 Å². The number of esters is 1. The van der Waals surface area contributed by atoms with Gasteiger partial charge in [0.25, 0.3) is 0 Å². The van der Waals surface area contributed by atoms with Gasteiger partial charge in [0.05, 0.1) is 5.41 Å². The molecular formula is C27H44O4. The molecule has 0 aromatic carbocycles. The van der Waals surface area contributed by atoms with E-state index in [1.54, 1.807) is 0 Å². The number of hydrogen-bond donors (Lipinski definition) is 1. The van der Waals surface area contributed by atoms with Gasteiger partial charge in [-0.1, -0.05) is 40.5 Å². The molecule has 0 radical (unpaired) electrons. The Morgan fingerprint density at radius 2 is 1.77 bits per heavy atom. The Labute approximate surface area is 188 Å². The number of carboxylic acid groups (broad SMARTS) is 1. The Bertz CT molecular complexity index is 718. The molecule has 31 heavy (non-hydrogen) atoms. The second kappa shape index (κ2) is 8.06. The largest absolute Gasteiger partial charge is 0.481 e. The van der Waals surface area contributed by atoms with Crippen molar-refractivity contribution in [2.45, 2.75) is 111 Å². The molecule has 0 heterocycles. The summed E-state index contributed by atoms with van der Waals surface area (Å²) in [6.45, 7) is 11.1. The Morgan fingerprint density at radius 3 is 2.42 bits per heavy atom. The molecule has 4 aliphatic rings. The van der Waals surface area contributed by atoms with Crippen LogP contribution in [-0.2, 0) is 14.3 Å². The van der Waals surface area contributed by atoms with Crippen molar-refractivity contribution in [3.8, 4) is 0 Å². The first-order valence-corrected chi connectivity index (χ1v) is 13.0. The Kier molecular flexibility index (Phi) is 6.01. The van der Waals surface area contributed by atoms with Crippen molar-refractivity contribution in [3.63, 3.8) is 0 Å². The monoisotopic (exact) mass is 432 g/mol. The highest BCUT2D eigenvalue weighted by Gasteiger charge is 2.67. The third-order valence-electron chi connectivity index (χ3n) is 11.1. The Morgan fingerprint density at radius 1 is 1.03 bits per heavy atom. The Hall–Kier alpha value is -1.06. The van der Waals surface area contributed by atoms with E-state index in [1.165, 1.54) is 45.4 Å². The minimum atomic E-state index is -0.742. The number of aliphatic carboxylic acids is 1. The van der Waals surface area contributed by atoms with Crippen LogP contribution < -0.4 is 0 Å². The zero-order valence-corrected chi connectivity index (χ0v) is 20.4. The van der Waals surface area contributed by atoms with Crippen molar-refractivity contribution in [1.82, 2.24) is 0 Å². The van der Waals surface area contributed by atoms with Gasteiger partial charge in [0.15, 0.2) is 0 Å². The minimum Gasteiger partial charge on any atom is -0.481 e. The fraction of sp³-hybridized carbons (Fsp3) is 0.926. The van der Waals surface area contributed by atoms with Crippen molar-refractivity contribution in [2.75, 3.05) is 0 Å². The van der Waals surface area contributed by atoms with E-state index in [2.05, 4.69) is 27.7 Å². The third kappa shape index (κ3) is 3.37. The molecule has 0 bridgehead atoms. The summed E-state index contributed by atoms with van der Waals surface area (Å²) in [6, 6.07) is 0. The highest BCUT2D eigenvalue weighted by Crippen LogP contribution is 2.71. The van der Waals surface area contributed by atoms with Crippen LogP contribution in [0.15, 0.2) is 0 Å². The highest BCUT2D eigenvalue weighted by molar-refractivity contribution is 5.76. The van der Waals surface area contributed by atoms with Crippen LogP contribution in [0.3, 0.4) is 0 Å². The summed E-state index contributed by atoms with van der Waals surface area (Å²) in [5.74, 6) is 2.61. The topological polar surface area (TPSA) is 63.6 Å². The van der Waals surface area contributed by atoms with E-state index in [9.17, 15) is 14.7 Å². The molecule has 4 nitrogen and oxygen atoms in total. The first kappa shape index (κ1) is 23.1. The van der Waals surface area contributed by atoms with Crippen LogP contribution in [0.1, 0.15) is 105 Å². The molecule has 4 heteroatoms. The number of carbonyl (C=O) groups excluding carboxylic acids is 1. The number of rotatable bonds is 5. The average molecular weight is 433 g/mol. The SMILES string of the molecule is CCC[C@@H](C)[C@H]1CC[C@H]2[C@@H]3CCC4(C(=O)O)CC(OC(C)=O)CC[C@]4(C)[C@H]3CC[C@]12C. The summed E-state index contributed by atoms with van der Waals surface area (Å²) in [5, 5.41) is 10.5. The van der Waals surface area contributed by atoms with E-state index in [4.69, 9.17) is 4.74 Å². The molecule has 4 fully saturated rings. The second-order valence-corrected chi connectivity index (χ2v) is 12.2. The molecule has 0 amide bonds. The summed E-state index contributed by atoms with van der Waals surface area (Å²) >= 11 is 0. The fourth-order valence-electron chi connectivity index (χ4n) is 9.65. The van der Waals surface area contributed by atoms with Gasteiger partial charge in [-0.3, -0.25) is 9.59 Å². The van der Waals surface area contributed by atoms with Gasteiger partial charge in [-0.25, -0.2) is 0 Å². The lowest BCUT2D eigenvalue weighted by Crippen LogP contribution is -2.62. The molecule has 0 aliphatic heterocycles. The summed E-state index contributed by atoms with van der Waals surface area (Å²) in [7, 11) is 0. The number of carbonyl (C=O) groups is 2. The number of fused-ring (bicyclic) bond motifs is 5. The smallest absolute Gasteiger partial charge is 0.310 e. The van der Waals surface area contributed by atoms with Crippen LogP contribution in [0, 0.1) is 45.8 Å². The maximum absolute atomic E-state index is 12.8. The van der Waals surface area contributed by atoms with Crippen LogP contribution in [0.2, 0.25) is 0 Å². The fourth-order valence-corrected chi connectivity index (χ4v) is 9.65. The van der Waals surface area contributed by atoms with Crippen LogP contribution in [0.5, 0.6) is 0 Å². The lowest BCUT2D eigenvalue weighted by atomic mass is 9.39. The van der Waals surface area contributed by atoms with E-state index in [1.807, 2.05) is 0 Å². The molecule has 0 aromatic rings. The van der Waals surface area contributed by atoms with Gasteiger partial charge in [-0.15, -0.1) is 0 Å². The molecule has 4 aliphatic carbocycles. The van der Waals surface area contributed by atoms with Crippen molar-refractivity contribution >= 4 is 11.9 Å². The van der Waals surface area contributed by atoms with Gasteiger partial charge in [0.2, 0.25) is 0 Å². The summed E-state index contributed by atoms with van der Waals surface area (Å²) in [5.41, 5.74) is -0.495. The van der Waals surface area contributed by atoms with E-state index in [0.29, 0.717) is 23.7 Å². The molecule has 0 saturated heterocycles. The van der Waals surface area contributed by atoms with Crippen molar-refractivity contribution in [3.05, 3.63) is 0 Å². The highest BCUT2D eigenvalue weighted by atomic mass is 16.5. The molecule has 4 rings (SSSR count). The van der Waals surface area contributed by atoms with Gasteiger partial charge >= 0.3 is 11.9 Å². The minimum absolute atomic E-state index is 0.188. The van der Waals surface area contributed by atoms with E-state index < -0.39 is 11.4 Å². The van der Waals surface area contributed by atoms with Crippen molar-refractivity contribution in [2.24, 2.45) is 45.8 Å². The molecule has 1 N–H and O–H groups in total. The van der Waals surface area contributed by atoms with Crippen LogP contribution in [0.25, 0.3) is 0 Å². The zero-order chi connectivity index (χ0) is 22.6. The van der Waals surface area contributed by atoms with Gasteiger partial charge in [0, 0.05) is 13.3 Å². The van der Waals surface area contributed by atoms with Crippen molar-refractivity contribution in [1.29, 1.82) is 0 Å². The van der Waals surface area contributed by atoms with E-state index >= 15 is 0 Å². The molecule has 4 saturated carbocycles. The van der Waals surface area contributed by atoms with Gasteiger partial charge in [-0.2, -0.15) is 0 Å². The quantitative estimate of drug-likeness (QED) is 0.506. The first-order chi connectivity index (χ1) is 14.6. The molecule has 0 spiro atoms. The predicted molar refractivity (Wildman–Crippen MR) is 121 cm³/mol. The third-order valence-corrected chi connectivity index (χ3v) is 11.1. The second-order valence-electron chi connectivity index (χ2n) is 12.2. The maximum Gasteiger partial charge on any atom is 0.310 e. The molecular weight excluding hydrogens is 388 g/mol. The average Bonchev–Trinajstić information content (AvgIpc) is 3.05. The molecule has 176 valence electrons. The normalized spacial score (nSPS) is 47.6. The number of carboxylic acids is 1. The summed E-state index contributed by atoms with van der Waals surface area (Å²) in [4.78, 5) is 24.4. The summed E-state index contributed by atoms with van der Waals surface area (Å²) < 4.78 is 5.54. The molecule has 2 unspecified atom stereocenters. The van der Waals surface area contributed by atoms with Gasteiger partial charge in [0.1, 0.15) is 6.10 Å². The standard InChI is InChI=1S/C27H44O4/c1-6-7-17(2)21-8-9-22-20-11-15-27(24(29)30)16-19(31-18(3)28)10-14-26(27,5)23(20)12-13-25(21,22)4/h17,19-23H,6-16H2,1-5H3,(H,29,30)/t17-,19?,20+,21-,22+,23+,25-,26-,27?/m1/s1. The lowest BCUT2D eigenvalue weighted by molar-refractivity contribution is -0.206. The first-order valence-electron chi connectivity index (χ1n) is 13.0. The predicted octanol–water partition coefficient (Wildman–Crippen LogP) is 6.47. The van der Waals surface area contributed by atoms with Crippen LogP contribution in [0.4, 0.5) is 0 Å². The molecule has 9 atom stereocenters.